The van der Waals surface area contributed by atoms with Gasteiger partial charge in [-0.15, -0.1) is 0 Å². The smallest absolute Gasteiger partial charge is 0.257 e. The van der Waals surface area contributed by atoms with Crippen molar-refractivity contribution in [3.63, 3.8) is 0 Å². The van der Waals surface area contributed by atoms with E-state index in [1.165, 1.54) is 5.56 Å². The lowest BCUT2D eigenvalue weighted by Crippen LogP contribution is -2.15. The van der Waals surface area contributed by atoms with Gasteiger partial charge < -0.3 is 9.84 Å². The number of nitrogens with zero attached hydrogens (tertiary/aromatic N) is 2. The fraction of sp³-hybridized carbons (Fsp3) is 0.211. The van der Waals surface area contributed by atoms with Gasteiger partial charge in [0.1, 0.15) is 0 Å². The summed E-state index contributed by atoms with van der Waals surface area (Å²) in [6.45, 7) is 6.06. The van der Waals surface area contributed by atoms with Crippen molar-refractivity contribution in [1.29, 1.82) is 0 Å². The molecule has 0 aliphatic carbocycles. The number of benzene rings is 2. The largest absolute Gasteiger partial charge is 0.334 e. The Morgan fingerprint density at radius 3 is 2.50 bits per heavy atom. The van der Waals surface area contributed by atoms with Gasteiger partial charge in [0.2, 0.25) is 5.91 Å². The fourth-order valence-corrected chi connectivity index (χ4v) is 2.31. The molecule has 3 rings (SSSR count). The molecule has 24 heavy (non-hydrogen) atoms. The number of amides is 1. The van der Waals surface area contributed by atoms with E-state index in [4.69, 9.17) is 4.52 Å². The lowest BCUT2D eigenvalue weighted by Gasteiger charge is -2.06. The number of aryl methyl sites for hydroxylation is 3. The van der Waals surface area contributed by atoms with Crippen LogP contribution in [0.1, 0.15) is 22.5 Å². The molecule has 5 nitrogen and oxygen atoms in total. The second-order valence-electron chi connectivity index (χ2n) is 5.91. The highest BCUT2D eigenvalue weighted by molar-refractivity contribution is 5.91. The standard InChI is InChI=1S/C19H19N3O2/c1-12-4-7-15(8-5-12)19-21-17(22-24-19)11-18(23)20-16-9-6-13(2)14(3)10-16/h4-10H,11H2,1-3H3,(H,20,23). The molecule has 1 amide bonds. The summed E-state index contributed by atoms with van der Waals surface area (Å²) in [5.74, 6) is 0.616. The molecule has 1 N–H and O–H groups in total. The van der Waals surface area contributed by atoms with Crippen molar-refractivity contribution in [1.82, 2.24) is 10.1 Å². The Bertz CT molecular complexity index is 867. The zero-order chi connectivity index (χ0) is 17.1. The van der Waals surface area contributed by atoms with E-state index in [0.717, 1.165) is 22.4 Å². The molecular formula is C19H19N3O2. The highest BCUT2D eigenvalue weighted by Crippen LogP contribution is 2.18. The molecule has 0 saturated heterocycles. The van der Waals surface area contributed by atoms with Crippen molar-refractivity contribution in [3.8, 4) is 11.5 Å². The molecular weight excluding hydrogens is 302 g/mol. The van der Waals surface area contributed by atoms with Crippen LogP contribution in [0.3, 0.4) is 0 Å². The Morgan fingerprint density at radius 2 is 1.79 bits per heavy atom. The number of carbonyl (C=O) groups is 1. The van der Waals surface area contributed by atoms with Crippen molar-refractivity contribution in [3.05, 3.63) is 65.0 Å². The highest BCUT2D eigenvalue weighted by atomic mass is 16.5. The minimum Gasteiger partial charge on any atom is -0.334 e. The Balaban J connectivity index is 1.66. The van der Waals surface area contributed by atoms with Crippen molar-refractivity contribution < 1.29 is 9.32 Å². The van der Waals surface area contributed by atoms with Crippen LogP contribution in [-0.2, 0) is 11.2 Å². The minimum absolute atomic E-state index is 0.0717. The summed E-state index contributed by atoms with van der Waals surface area (Å²) < 4.78 is 5.24. The van der Waals surface area contributed by atoms with Crippen LogP contribution in [0.15, 0.2) is 47.0 Å². The van der Waals surface area contributed by atoms with Crippen LogP contribution < -0.4 is 5.32 Å². The first kappa shape index (κ1) is 15.9. The Hall–Kier alpha value is -2.95. The van der Waals surface area contributed by atoms with Gasteiger partial charge in [0, 0.05) is 11.3 Å². The van der Waals surface area contributed by atoms with Gasteiger partial charge >= 0.3 is 0 Å². The Labute approximate surface area is 140 Å². The fourth-order valence-electron chi connectivity index (χ4n) is 2.31. The van der Waals surface area contributed by atoms with E-state index in [9.17, 15) is 4.79 Å². The summed E-state index contributed by atoms with van der Waals surface area (Å²) in [7, 11) is 0. The number of carbonyl (C=O) groups excluding carboxylic acids is 1. The highest BCUT2D eigenvalue weighted by Gasteiger charge is 2.12. The predicted molar refractivity (Wildman–Crippen MR) is 92.7 cm³/mol. The average molecular weight is 321 g/mol. The molecule has 3 aromatic rings. The molecule has 5 heteroatoms. The number of rotatable bonds is 4. The lowest BCUT2D eigenvalue weighted by molar-refractivity contribution is -0.115. The first-order chi connectivity index (χ1) is 11.5. The first-order valence-corrected chi connectivity index (χ1v) is 7.78. The summed E-state index contributed by atoms with van der Waals surface area (Å²) >= 11 is 0. The van der Waals surface area contributed by atoms with Crippen molar-refractivity contribution in [2.75, 3.05) is 5.32 Å². The summed E-state index contributed by atoms with van der Waals surface area (Å²) in [6, 6.07) is 13.6. The van der Waals surface area contributed by atoms with Crippen LogP contribution in [-0.4, -0.2) is 16.0 Å². The molecule has 1 aromatic heterocycles. The summed E-state index contributed by atoms with van der Waals surface area (Å²) in [4.78, 5) is 16.4. The van der Waals surface area contributed by atoms with E-state index in [1.54, 1.807) is 0 Å². The third-order valence-corrected chi connectivity index (χ3v) is 3.88. The van der Waals surface area contributed by atoms with E-state index in [2.05, 4.69) is 15.5 Å². The zero-order valence-corrected chi connectivity index (χ0v) is 14.0. The summed E-state index contributed by atoms with van der Waals surface area (Å²) in [5, 5.41) is 6.74. The number of anilines is 1. The van der Waals surface area contributed by atoms with Crippen LogP contribution in [0.4, 0.5) is 5.69 Å². The average Bonchev–Trinajstić information content (AvgIpc) is 3.00. The normalized spacial score (nSPS) is 10.6. The van der Waals surface area contributed by atoms with Crippen molar-refractivity contribution in [2.45, 2.75) is 27.2 Å². The number of hydrogen-bond donors (Lipinski definition) is 1. The summed E-state index contributed by atoms with van der Waals surface area (Å²) in [5.41, 5.74) is 5.09. The maximum atomic E-state index is 12.1. The van der Waals surface area contributed by atoms with Gasteiger partial charge in [-0.25, -0.2) is 0 Å². The minimum atomic E-state index is -0.172. The van der Waals surface area contributed by atoms with Crippen LogP contribution in [0, 0.1) is 20.8 Å². The van der Waals surface area contributed by atoms with Gasteiger partial charge in [-0.1, -0.05) is 28.9 Å². The Morgan fingerprint density at radius 1 is 1.04 bits per heavy atom. The van der Waals surface area contributed by atoms with Crippen LogP contribution in [0.25, 0.3) is 11.5 Å². The van der Waals surface area contributed by atoms with Crippen molar-refractivity contribution in [2.24, 2.45) is 0 Å². The van der Waals surface area contributed by atoms with E-state index in [1.807, 2.05) is 63.2 Å². The molecule has 0 unspecified atom stereocenters. The molecule has 0 fully saturated rings. The third kappa shape index (κ3) is 3.68. The van der Waals surface area contributed by atoms with Gasteiger partial charge in [0.05, 0.1) is 6.42 Å². The molecule has 122 valence electrons. The molecule has 0 saturated carbocycles. The van der Waals surface area contributed by atoms with Gasteiger partial charge in [-0.3, -0.25) is 4.79 Å². The quantitative estimate of drug-likeness (QED) is 0.792. The molecule has 0 aliphatic rings. The zero-order valence-electron chi connectivity index (χ0n) is 14.0. The number of aromatic nitrogens is 2. The van der Waals surface area contributed by atoms with Crippen LogP contribution in [0.2, 0.25) is 0 Å². The summed E-state index contributed by atoms with van der Waals surface area (Å²) in [6.07, 6.45) is 0.0717. The lowest BCUT2D eigenvalue weighted by atomic mass is 10.1. The second-order valence-corrected chi connectivity index (χ2v) is 5.91. The van der Waals surface area contributed by atoms with Crippen LogP contribution in [0.5, 0.6) is 0 Å². The maximum Gasteiger partial charge on any atom is 0.257 e. The van der Waals surface area contributed by atoms with E-state index in [0.29, 0.717) is 11.7 Å². The van der Waals surface area contributed by atoms with Crippen molar-refractivity contribution >= 4 is 11.6 Å². The van der Waals surface area contributed by atoms with Gasteiger partial charge in [0.25, 0.3) is 5.89 Å². The van der Waals surface area contributed by atoms with E-state index < -0.39 is 0 Å². The van der Waals surface area contributed by atoms with Gasteiger partial charge in [-0.2, -0.15) is 4.98 Å². The number of hydrogen-bond acceptors (Lipinski definition) is 4. The molecule has 2 aromatic carbocycles. The van der Waals surface area contributed by atoms with Gasteiger partial charge in [0.15, 0.2) is 5.82 Å². The topological polar surface area (TPSA) is 68.0 Å². The Kier molecular flexibility index (Phi) is 4.42. The molecule has 0 aliphatic heterocycles. The molecule has 0 radical (unpaired) electrons. The number of nitrogens with one attached hydrogen (secondary N) is 1. The molecule has 0 spiro atoms. The second kappa shape index (κ2) is 6.66. The molecule has 0 bridgehead atoms. The maximum absolute atomic E-state index is 12.1. The molecule has 1 heterocycles. The van der Waals surface area contributed by atoms with E-state index in [-0.39, 0.29) is 12.3 Å². The monoisotopic (exact) mass is 321 g/mol. The van der Waals surface area contributed by atoms with Gasteiger partial charge in [-0.05, 0) is 56.2 Å². The SMILES string of the molecule is Cc1ccc(-c2nc(CC(=O)Nc3ccc(C)c(C)c3)no2)cc1. The molecule has 0 atom stereocenters. The van der Waals surface area contributed by atoms with Crippen LogP contribution >= 0.6 is 0 Å². The third-order valence-electron chi connectivity index (χ3n) is 3.88. The first-order valence-electron chi connectivity index (χ1n) is 7.78. The van der Waals surface area contributed by atoms with E-state index >= 15 is 0 Å². The predicted octanol–water partition coefficient (Wildman–Crippen LogP) is 3.84.